The van der Waals surface area contributed by atoms with E-state index in [0.29, 0.717) is 24.2 Å². The lowest BCUT2D eigenvalue weighted by molar-refractivity contribution is 0.146. The molecule has 2 atom stereocenters. The molecule has 7 heteroatoms. The Morgan fingerprint density at radius 2 is 2.30 bits per heavy atom. The number of rotatable bonds is 3. The summed E-state index contributed by atoms with van der Waals surface area (Å²) in [5.74, 6) is 1.87. The van der Waals surface area contributed by atoms with Gasteiger partial charge in [-0.3, -0.25) is 4.90 Å². The molecule has 2 N–H and O–H groups in total. The average molecular weight is 357 g/mol. The molecule has 0 saturated carbocycles. The molecule has 2 aromatic heterocycles. The summed E-state index contributed by atoms with van der Waals surface area (Å²) in [7, 11) is 0. The van der Waals surface area contributed by atoms with Crippen molar-refractivity contribution in [2.45, 2.75) is 25.9 Å². The van der Waals surface area contributed by atoms with Crippen LogP contribution in [0.2, 0.25) is 0 Å². The van der Waals surface area contributed by atoms with E-state index in [2.05, 4.69) is 38.0 Å². The van der Waals surface area contributed by atoms with Crippen molar-refractivity contribution in [2.75, 3.05) is 13.1 Å². The van der Waals surface area contributed by atoms with Crippen molar-refractivity contribution in [1.82, 2.24) is 15.1 Å². The number of hydrogen-bond acceptors (Lipinski definition) is 6. The van der Waals surface area contributed by atoms with Crippen LogP contribution in [0.3, 0.4) is 0 Å². The van der Waals surface area contributed by atoms with Gasteiger partial charge in [-0.25, -0.2) is 0 Å². The van der Waals surface area contributed by atoms with Gasteiger partial charge < -0.3 is 10.2 Å². The molecule has 0 aliphatic carbocycles. The maximum atomic E-state index is 6.06. The van der Waals surface area contributed by atoms with E-state index in [1.807, 2.05) is 12.1 Å². The van der Waals surface area contributed by atoms with Gasteiger partial charge in [0.25, 0.3) is 5.89 Å². The molecule has 20 heavy (non-hydrogen) atoms. The predicted octanol–water partition coefficient (Wildman–Crippen LogP) is 2.73. The number of likely N-dealkylation sites (tertiary alicyclic amines) is 1. The van der Waals surface area contributed by atoms with Crippen molar-refractivity contribution >= 4 is 27.3 Å². The van der Waals surface area contributed by atoms with E-state index in [0.717, 1.165) is 28.2 Å². The molecular formula is C13H17BrN4OS. The number of piperidine rings is 1. The molecule has 3 rings (SSSR count). The molecule has 0 aromatic carbocycles. The molecule has 0 bridgehead atoms. The van der Waals surface area contributed by atoms with Gasteiger partial charge >= 0.3 is 0 Å². The summed E-state index contributed by atoms with van der Waals surface area (Å²) >= 11 is 5.02. The van der Waals surface area contributed by atoms with Gasteiger partial charge in [0, 0.05) is 19.1 Å². The van der Waals surface area contributed by atoms with Crippen LogP contribution in [0.25, 0.3) is 10.8 Å². The van der Waals surface area contributed by atoms with E-state index >= 15 is 0 Å². The van der Waals surface area contributed by atoms with E-state index in [9.17, 15) is 0 Å². The minimum atomic E-state index is 0.245. The number of hydrogen-bond donors (Lipinski definition) is 1. The first-order valence-electron chi connectivity index (χ1n) is 6.66. The number of nitrogens with zero attached hydrogens (tertiary/aromatic N) is 3. The number of halogens is 1. The van der Waals surface area contributed by atoms with Gasteiger partial charge in [0.1, 0.15) is 0 Å². The lowest BCUT2D eigenvalue weighted by atomic mass is 9.97. The third-order valence-corrected chi connectivity index (χ3v) is 4.99. The standard InChI is InChI=1S/C13H17BrN4OS/c1-8-4-9(15)6-18(5-8)7-12-16-17-13(19-12)10-2-3-11(14)20-10/h2-3,8-9H,4-7,15H2,1H3. The van der Waals surface area contributed by atoms with Gasteiger partial charge in [-0.05, 0) is 40.4 Å². The Bertz CT molecular complexity index is 574. The molecule has 1 aliphatic heterocycles. The second-order valence-electron chi connectivity index (χ2n) is 5.40. The Balaban J connectivity index is 1.68. The highest BCUT2D eigenvalue weighted by molar-refractivity contribution is 9.11. The molecule has 5 nitrogen and oxygen atoms in total. The lowest BCUT2D eigenvalue weighted by Gasteiger charge is -2.33. The Labute approximate surface area is 130 Å². The van der Waals surface area contributed by atoms with Crippen molar-refractivity contribution in [3.8, 4) is 10.8 Å². The summed E-state index contributed by atoms with van der Waals surface area (Å²) in [6.45, 7) is 4.84. The van der Waals surface area contributed by atoms with Crippen molar-refractivity contribution in [2.24, 2.45) is 11.7 Å². The van der Waals surface area contributed by atoms with Crippen LogP contribution in [-0.2, 0) is 6.54 Å². The van der Waals surface area contributed by atoms with Crippen LogP contribution < -0.4 is 5.73 Å². The zero-order valence-corrected chi connectivity index (χ0v) is 13.7. The zero-order chi connectivity index (χ0) is 14.1. The molecule has 0 amide bonds. The van der Waals surface area contributed by atoms with Gasteiger partial charge in [0.15, 0.2) is 0 Å². The molecule has 3 heterocycles. The largest absolute Gasteiger partial charge is 0.419 e. The van der Waals surface area contributed by atoms with Crippen molar-refractivity contribution in [3.05, 3.63) is 21.8 Å². The minimum Gasteiger partial charge on any atom is -0.419 e. The second kappa shape index (κ2) is 5.93. The molecule has 2 aromatic rings. The highest BCUT2D eigenvalue weighted by atomic mass is 79.9. The number of aromatic nitrogens is 2. The lowest BCUT2D eigenvalue weighted by Crippen LogP contribution is -2.45. The van der Waals surface area contributed by atoms with Gasteiger partial charge in [0.05, 0.1) is 15.2 Å². The third-order valence-electron chi connectivity index (χ3n) is 3.38. The molecule has 1 saturated heterocycles. The predicted molar refractivity (Wildman–Crippen MR) is 82.3 cm³/mol. The molecule has 0 radical (unpaired) electrons. The quantitative estimate of drug-likeness (QED) is 0.915. The van der Waals surface area contributed by atoms with E-state index < -0.39 is 0 Å². The summed E-state index contributed by atoms with van der Waals surface area (Å²) in [6.07, 6.45) is 1.09. The first-order valence-corrected chi connectivity index (χ1v) is 8.27. The van der Waals surface area contributed by atoms with Crippen LogP contribution in [0.1, 0.15) is 19.2 Å². The van der Waals surface area contributed by atoms with Crippen molar-refractivity contribution in [3.63, 3.8) is 0 Å². The first kappa shape index (κ1) is 14.2. The van der Waals surface area contributed by atoms with Crippen molar-refractivity contribution < 1.29 is 4.42 Å². The normalized spacial score (nSPS) is 24.1. The monoisotopic (exact) mass is 356 g/mol. The van der Waals surface area contributed by atoms with Crippen molar-refractivity contribution in [1.29, 1.82) is 0 Å². The number of thiophene rings is 1. The fraction of sp³-hybridized carbons (Fsp3) is 0.538. The third kappa shape index (κ3) is 3.28. The molecular weight excluding hydrogens is 340 g/mol. The van der Waals surface area contributed by atoms with Crippen LogP contribution in [0.5, 0.6) is 0 Å². The molecule has 1 aliphatic rings. The van der Waals surface area contributed by atoms with E-state index in [-0.39, 0.29) is 6.04 Å². The highest BCUT2D eigenvalue weighted by Crippen LogP contribution is 2.30. The van der Waals surface area contributed by atoms with Crippen LogP contribution in [0, 0.1) is 5.92 Å². The van der Waals surface area contributed by atoms with E-state index in [1.54, 1.807) is 11.3 Å². The van der Waals surface area contributed by atoms with Crippen LogP contribution in [0.4, 0.5) is 0 Å². The van der Waals surface area contributed by atoms with Crippen LogP contribution in [0.15, 0.2) is 20.3 Å². The maximum absolute atomic E-state index is 6.06. The average Bonchev–Trinajstić information content (AvgIpc) is 2.96. The zero-order valence-electron chi connectivity index (χ0n) is 11.3. The molecule has 1 fully saturated rings. The fourth-order valence-corrected chi connectivity index (χ4v) is 3.99. The Kier molecular flexibility index (Phi) is 4.21. The van der Waals surface area contributed by atoms with E-state index in [4.69, 9.17) is 10.2 Å². The fourth-order valence-electron chi connectivity index (χ4n) is 2.68. The van der Waals surface area contributed by atoms with Gasteiger partial charge in [0.2, 0.25) is 5.89 Å². The Morgan fingerprint density at radius 3 is 3.00 bits per heavy atom. The summed E-state index contributed by atoms with van der Waals surface area (Å²) in [6, 6.07) is 4.20. The van der Waals surface area contributed by atoms with E-state index in [1.165, 1.54) is 0 Å². The van der Waals surface area contributed by atoms with Gasteiger partial charge in [-0.2, -0.15) is 0 Å². The Hall–Kier alpha value is -0.760. The van der Waals surface area contributed by atoms with Gasteiger partial charge in [-0.1, -0.05) is 6.92 Å². The van der Waals surface area contributed by atoms with Crippen LogP contribution >= 0.6 is 27.3 Å². The summed E-state index contributed by atoms with van der Waals surface area (Å²) in [4.78, 5) is 3.28. The summed E-state index contributed by atoms with van der Waals surface area (Å²) in [5, 5.41) is 8.26. The first-order chi connectivity index (χ1) is 9.60. The van der Waals surface area contributed by atoms with Crippen LogP contribution in [-0.4, -0.2) is 34.2 Å². The number of nitrogens with two attached hydrogens (primary N) is 1. The minimum absolute atomic E-state index is 0.245. The second-order valence-corrected chi connectivity index (χ2v) is 7.86. The highest BCUT2D eigenvalue weighted by Gasteiger charge is 2.23. The smallest absolute Gasteiger partial charge is 0.257 e. The maximum Gasteiger partial charge on any atom is 0.257 e. The Morgan fingerprint density at radius 1 is 1.45 bits per heavy atom. The molecule has 0 spiro atoms. The topological polar surface area (TPSA) is 68.2 Å². The summed E-state index contributed by atoms with van der Waals surface area (Å²) in [5.41, 5.74) is 6.06. The van der Waals surface area contributed by atoms with Gasteiger partial charge in [-0.15, -0.1) is 21.5 Å². The molecule has 2 unspecified atom stereocenters. The summed E-state index contributed by atoms with van der Waals surface area (Å²) < 4.78 is 6.80. The molecule has 108 valence electrons. The SMILES string of the molecule is CC1CC(N)CN(Cc2nnc(-c3ccc(Br)s3)o2)C1.